The van der Waals surface area contributed by atoms with E-state index in [4.69, 9.17) is 5.26 Å². The van der Waals surface area contributed by atoms with Crippen LogP contribution in [0.2, 0.25) is 0 Å². The van der Waals surface area contributed by atoms with Gasteiger partial charge >= 0.3 is 0 Å². The van der Waals surface area contributed by atoms with Gasteiger partial charge in [-0.15, -0.1) is 0 Å². The van der Waals surface area contributed by atoms with Crippen molar-refractivity contribution in [2.45, 2.75) is 26.4 Å². The van der Waals surface area contributed by atoms with Gasteiger partial charge in [-0.2, -0.15) is 10.4 Å². The average molecular weight is 319 g/mol. The maximum Gasteiger partial charge on any atom is 0.101 e. The van der Waals surface area contributed by atoms with Crippen molar-refractivity contribution in [1.29, 1.82) is 5.26 Å². The summed E-state index contributed by atoms with van der Waals surface area (Å²) in [6.45, 7) is 4.84. The lowest BCUT2D eigenvalue weighted by atomic mass is 10.2. The minimum absolute atomic E-state index is 0.358. The van der Waals surface area contributed by atoms with Gasteiger partial charge in [0.25, 0.3) is 0 Å². The summed E-state index contributed by atoms with van der Waals surface area (Å²) < 4.78 is 2.83. The number of halogens is 1. The van der Waals surface area contributed by atoms with Gasteiger partial charge in [0.05, 0.1) is 17.4 Å². The van der Waals surface area contributed by atoms with Crippen LogP contribution in [0.1, 0.15) is 31.0 Å². The molecule has 5 heteroatoms. The van der Waals surface area contributed by atoms with E-state index in [1.54, 1.807) is 6.07 Å². The Bertz CT molecular complexity index is 610. The van der Waals surface area contributed by atoms with E-state index in [9.17, 15) is 0 Å². The molecule has 2 aromatic rings. The maximum atomic E-state index is 9.09. The summed E-state index contributed by atoms with van der Waals surface area (Å²) in [4.78, 5) is 0. The van der Waals surface area contributed by atoms with Gasteiger partial charge in [0.1, 0.15) is 6.07 Å². The Morgan fingerprint density at radius 3 is 2.89 bits per heavy atom. The number of hydrogen-bond donors (Lipinski definition) is 1. The van der Waals surface area contributed by atoms with Crippen LogP contribution in [-0.4, -0.2) is 9.78 Å². The molecule has 0 atom stereocenters. The number of rotatable bonds is 4. The van der Waals surface area contributed by atoms with Crippen molar-refractivity contribution in [2.24, 2.45) is 0 Å². The van der Waals surface area contributed by atoms with E-state index in [0.29, 0.717) is 18.2 Å². The van der Waals surface area contributed by atoms with Crippen LogP contribution < -0.4 is 5.32 Å². The third-order valence-electron chi connectivity index (χ3n) is 2.77. The molecule has 0 unspecified atom stereocenters. The summed E-state index contributed by atoms with van der Waals surface area (Å²) in [5.74, 6) is 0. The van der Waals surface area contributed by atoms with Crippen molar-refractivity contribution < 1.29 is 0 Å². The van der Waals surface area contributed by atoms with Crippen LogP contribution in [-0.2, 0) is 6.54 Å². The molecule has 2 rings (SSSR count). The fourth-order valence-electron chi connectivity index (χ4n) is 1.71. The Morgan fingerprint density at radius 2 is 2.26 bits per heavy atom. The molecule has 1 N–H and O–H groups in total. The summed E-state index contributed by atoms with van der Waals surface area (Å²) in [6, 6.07) is 8.16. The predicted octanol–water partition coefficient (Wildman–Crippen LogP) is 3.71. The fourth-order valence-corrected chi connectivity index (χ4v) is 2.07. The monoisotopic (exact) mass is 318 g/mol. The van der Waals surface area contributed by atoms with Crippen molar-refractivity contribution in [3.63, 3.8) is 0 Å². The molecule has 1 heterocycles. The van der Waals surface area contributed by atoms with E-state index in [0.717, 1.165) is 15.7 Å². The van der Waals surface area contributed by atoms with E-state index in [2.05, 4.69) is 46.3 Å². The van der Waals surface area contributed by atoms with Gasteiger partial charge in [0.15, 0.2) is 0 Å². The standard InChI is InChI=1S/C14H15BrN4/c1-10(2)19-9-11(8-18-19)7-17-14-4-3-13(15)5-12(14)6-16/h3-5,8-10,17H,7H2,1-2H3. The zero-order valence-corrected chi connectivity index (χ0v) is 12.5. The molecule has 0 radical (unpaired) electrons. The van der Waals surface area contributed by atoms with E-state index in [1.807, 2.05) is 29.2 Å². The van der Waals surface area contributed by atoms with Gasteiger partial charge in [-0.1, -0.05) is 15.9 Å². The summed E-state index contributed by atoms with van der Waals surface area (Å²) in [6.07, 6.45) is 3.86. The van der Waals surface area contributed by atoms with Crippen molar-refractivity contribution in [2.75, 3.05) is 5.32 Å². The minimum Gasteiger partial charge on any atom is -0.380 e. The summed E-state index contributed by atoms with van der Waals surface area (Å²) >= 11 is 3.36. The zero-order valence-electron chi connectivity index (χ0n) is 10.9. The second-order valence-corrected chi connectivity index (χ2v) is 5.49. The number of nitriles is 1. The SMILES string of the molecule is CC(C)n1cc(CNc2ccc(Br)cc2C#N)cn1. The molecule has 0 fully saturated rings. The Hall–Kier alpha value is -1.80. The molecule has 0 saturated heterocycles. The van der Waals surface area contributed by atoms with E-state index < -0.39 is 0 Å². The van der Waals surface area contributed by atoms with Crippen molar-refractivity contribution in [3.8, 4) is 6.07 Å². The van der Waals surface area contributed by atoms with Gasteiger partial charge < -0.3 is 5.32 Å². The first-order valence-corrected chi connectivity index (χ1v) is 6.86. The zero-order chi connectivity index (χ0) is 13.8. The van der Waals surface area contributed by atoms with Gasteiger partial charge in [-0.3, -0.25) is 4.68 Å². The summed E-state index contributed by atoms with van der Waals surface area (Å²) in [7, 11) is 0. The molecule has 0 aliphatic carbocycles. The summed E-state index contributed by atoms with van der Waals surface area (Å²) in [5.41, 5.74) is 2.56. The van der Waals surface area contributed by atoms with Crippen LogP contribution in [0.25, 0.3) is 0 Å². The Kier molecular flexibility index (Phi) is 4.23. The Balaban J connectivity index is 2.08. The first-order valence-electron chi connectivity index (χ1n) is 6.06. The molecular formula is C14H15BrN4. The molecule has 19 heavy (non-hydrogen) atoms. The highest BCUT2D eigenvalue weighted by Crippen LogP contribution is 2.21. The molecule has 98 valence electrons. The minimum atomic E-state index is 0.358. The lowest BCUT2D eigenvalue weighted by Gasteiger charge is -2.07. The number of hydrogen-bond acceptors (Lipinski definition) is 3. The second kappa shape index (κ2) is 5.89. The number of nitrogens with zero attached hydrogens (tertiary/aromatic N) is 3. The van der Waals surface area contributed by atoms with Crippen LogP contribution in [0.5, 0.6) is 0 Å². The molecule has 0 amide bonds. The van der Waals surface area contributed by atoms with Gasteiger partial charge in [0, 0.05) is 28.8 Å². The van der Waals surface area contributed by atoms with Crippen LogP contribution in [0.3, 0.4) is 0 Å². The molecule has 0 saturated carbocycles. The van der Waals surface area contributed by atoms with Crippen LogP contribution in [0, 0.1) is 11.3 Å². The lowest BCUT2D eigenvalue weighted by molar-refractivity contribution is 0.532. The van der Waals surface area contributed by atoms with Crippen LogP contribution >= 0.6 is 15.9 Å². The fraction of sp³-hybridized carbons (Fsp3) is 0.286. The van der Waals surface area contributed by atoms with Gasteiger partial charge in [-0.05, 0) is 32.0 Å². The third kappa shape index (κ3) is 3.36. The Morgan fingerprint density at radius 1 is 1.47 bits per heavy atom. The predicted molar refractivity (Wildman–Crippen MR) is 78.8 cm³/mol. The second-order valence-electron chi connectivity index (χ2n) is 4.58. The third-order valence-corrected chi connectivity index (χ3v) is 3.26. The normalized spacial score (nSPS) is 10.5. The highest BCUT2D eigenvalue weighted by atomic mass is 79.9. The first-order chi connectivity index (χ1) is 9.10. The Labute approximate surface area is 121 Å². The number of anilines is 1. The van der Waals surface area contributed by atoms with E-state index >= 15 is 0 Å². The molecule has 0 bridgehead atoms. The molecule has 1 aromatic carbocycles. The van der Waals surface area contributed by atoms with Gasteiger partial charge in [-0.25, -0.2) is 0 Å². The molecule has 0 spiro atoms. The highest BCUT2D eigenvalue weighted by Gasteiger charge is 2.05. The number of benzene rings is 1. The smallest absolute Gasteiger partial charge is 0.101 e. The van der Waals surface area contributed by atoms with E-state index in [1.165, 1.54) is 0 Å². The number of aromatic nitrogens is 2. The topological polar surface area (TPSA) is 53.6 Å². The lowest BCUT2D eigenvalue weighted by Crippen LogP contribution is -2.02. The van der Waals surface area contributed by atoms with Crippen LogP contribution in [0.15, 0.2) is 35.1 Å². The quantitative estimate of drug-likeness (QED) is 0.934. The molecule has 1 aromatic heterocycles. The maximum absolute atomic E-state index is 9.09. The average Bonchev–Trinajstić information content (AvgIpc) is 2.86. The van der Waals surface area contributed by atoms with Crippen molar-refractivity contribution >= 4 is 21.6 Å². The first kappa shape index (κ1) is 13.6. The number of nitrogens with one attached hydrogen (secondary N) is 1. The van der Waals surface area contributed by atoms with Crippen molar-refractivity contribution in [1.82, 2.24) is 9.78 Å². The molecular weight excluding hydrogens is 304 g/mol. The van der Waals surface area contributed by atoms with Crippen molar-refractivity contribution in [3.05, 3.63) is 46.2 Å². The summed E-state index contributed by atoms with van der Waals surface area (Å²) in [5, 5.41) is 16.6. The molecule has 0 aliphatic heterocycles. The highest BCUT2D eigenvalue weighted by molar-refractivity contribution is 9.10. The van der Waals surface area contributed by atoms with Crippen LogP contribution in [0.4, 0.5) is 5.69 Å². The van der Waals surface area contributed by atoms with Gasteiger partial charge in [0.2, 0.25) is 0 Å². The van der Waals surface area contributed by atoms with E-state index in [-0.39, 0.29) is 0 Å². The molecule has 0 aliphatic rings. The largest absolute Gasteiger partial charge is 0.380 e. The molecule has 4 nitrogen and oxygen atoms in total.